The monoisotopic (exact) mass is 511 g/mol. The molecule has 0 spiro atoms. The maximum Gasteiger partial charge on any atom is 0.259 e. The Morgan fingerprint density at radius 2 is 2.00 bits per heavy atom. The third kappa shape index (κ3) is 5.25. The summed E-state index contributed by atoms with van der Waals surface area (Å²) in [7, 11) is -3.11. The number of carbonyl (C=O) groups excluding carboxylic acids is 1. The van der Waals surface area contributed by atoms with Crippen LogP contribution in [-0.2, 0) is 9.73 Å². The Labute approximate surface area is 199 Å². The Morgan fingerprint density at radius 3 is 2.74 bits per heavy atom. The lowest BCUT2D eigenvalue weighted by Crippen LogP contribution is -2.29. The molecule has 1 atom stereocenters. The first-order chi connectivity index (χ1) is 15.9. The lowest BCUT2D eigenvalue weighted by molar-refractivity contribution is -0.0102. The molecule has 0 radical (unpaired) electrons. The highest BCUT2D eigenvalue weighted by Crippen LogP contribution is 2.33. The number of pyridine rings is 2. The number of hydrogen-bond donors (Lipinski definition) is 2. The normalized spacial score (nSPS) is 17.7. The van der Waals surface area contributed by atoms with E-state index < -0.39 is 33.8 Å². The summed E-state index contributed by atoms with van der Waals surface area (Å²) in [6.07, 6.45) is 2.06. The minimum absolute atomic E-state index is 0.000772. The van der Waals surface area contributed by atoms with Crippen molar-refractivity contribution in [1.29, 1.82) is 4.78 Å². The molecular weight excluding hydrogens is 491 g/mol. The summed E-state index contributed by atoms with van der Waals surface area (Å²) in [5.41, 5.74) is 0.569. The molecule has 7 nitrogen and oxygen atoms in total. The van der Waals surface area contributed by atoms with Gasteiger partial charge in [-0.25, -0.2) is 32.1 Å². The lowest BCUT2D eigenvalue weighted by atomic mass is 10.1. The van der Waals surface area contributed by atoms with Crippen molar-refractivity contribution in [3.8, 4) is 0 Å². The number of halogens is 4. The molecule has 1 aliphatic rings. The van der Waals surface area contributed by atoms with Gasteiger partial charge >= 0.3 is 0 Å². The van der Waals surface area contributed by atoms with Crippen LogP contribution in [0.4, 0.5) is 24.7 Å². The van der Waals surface area contributed by atoms with E-state index in [-0.39, 0.29) is 58.6 Å². The molecule has 1 amide bonds. The molecule has 2 N–H and O–H groups in total. The van der Waals surface area contributed by atoms with Gasteiger partial charge in [0.2, 0.25) is 5.92 Å². The molecule has 3 aromatic rings. The van der Waals surface area contributed by atoms with Crippen LogP contribution in [0.2, 0.25) is 5.02 Å². The smallest absolute Gasteiger partial charge is 0.259 e. The van der Waals surface area contributed by atoms with Gasteiger partial charge < -0.3 is 10.2 Å². The quantitative estimate of drug-likeness (QED) is 0.493. The summed E-state index contributed by atoms with van der Waals surface area (Å²) < 4.78 is 61.7. The van der Waals surface area contributed by atoms with Crippen molar-refractivity contribution >= 4 is 49.6 Å². The van der Waals surface area contributed by atoms with Crippen LogP contribution in [0.1, 0.15) is 29.6 Å². The molecule has 12 heteroatoms. The molecule has 1 saturated heterocycles. The van der Waals surface area contributed by atoms with Gasteiger partial charge in [0, 0.05) is 55.5 Å². The van der Waals surface area contributed by atoms with Crippen molar-refractivity contribution in [2.75, 3.05) is 29.6 Å². The second-order valence-corrected chi connectivity index (χ2v) is 10.7. The van der Waals surface area contributed by atoms with Crippen molar-refractivity contribution in [1.82, 2.24) is 9.97 Å². The minimum atomic E-state index is -3.11. The first kappa shape index (κ1) is 24.2. The Bertz CT molecular complexity index is 1380. The zero-order chi connectivity index (χ0) is 24.7. The predicted molar refractivity (Wildman–Crippen MR) is 125 cm³/mol. The Balaban J connectivity index is 1.77. The molecule has 1 aromatic carbocycles. The summed E-state index contributed by atoms with van der Waals surface area (Å²) in [4.78, 5) is 23.2. The SMILES string of the molecule is CS(=N)(=O)c1cc(NC(=O)c2cc3cc(Cl)c(F)cc3nc2N2CCCC(F)(F)CC2)ccn1. The fraction of sp³-hybridized carbons (Fsp3) is 0.318. The van der Waals surface area contributed by atoms with E-state index in [1.54, 1.807) is 4.90 Å². The van der Waals surface area contributed by atoms with Crippen LogP contribution in [0.3, 0.4) is 0 Å². The molecule has 3 heterocycles. The van der Waals surface area contributed by atoms with Crippen LogP contribution < -0.4 is 10.2 Å². The van der Waals surface area contributed by atoms with Gasteiger partial charge in [0.25, 0.3) is 5.91 Å². The van der Waals surface area contributed by atoms with E-state index >= 15 is 0 Å². The van der Waals surface area contributed by atoms with Gasteiger partial charge in [-0.15, -0.1) is 0 Å². The predicted octanol–water partition coefficient (Wildman–Crippen LogP) is 5.34. The number of rotatable bonds is 4. The van der Waals surface area contributed by atoms with E-state index in [2.05, 4.69) is 15.3 Å². The maximum absolute atomic E-state index is 14.1. The van der Waals surface area contributed by atoms with E-state index in [4.69, 9.17) is 16.4 Å². The van der Waals surface area contributed by atoms with E-state index in [9.17, 15) is 22.2 Å². The number of alkyl halides is 2. The Hall–Kier alpha value is -2.92. The zero-order valence-electron chi connectivity index (χ0n) is 18.1. The molecule has 1 fully saturated rings. The molecule has 0 aliphatic carbocycles. The lowest BCUT2D eigenvalue weighted by Gasteiger charge is -2.24. The highest BCUT2D eigenvalue weighted by molar-refractivity contribution is 7.91. The molecule has 0 bridgehead atoms. The average Bonchev–Trinajstić information content (AvgIpc) is 2.94. The molecule has 4 rings (SSSR count). The summed E-state index contributed by atoms with van der Waals surface area (Å²) in [5, 5.41) is 2.92. The van der Waals surface area contributed by atoms with Gasteiger partial charge in [0.15, 0.2) is 0 Å². The Kier molecular flexibility index (Phi) is 6.43. The van der Waals surface area contributed by atoms with Gasteiger partial charge in [-0.1, -0.05) is 11.6 Å². The third-order valence-electron chi connectivity index (χ3n) is 5.49. The zero-order valence-corrected chi connectivity index (χ0v) is 19.7. The highest BCUT2D eigenvalue weighted by atomic mass is 35.5. The second-order valence-electron chi connectivity index (χ2n) is 8.20. The minimum Gasteiger partial charge on any atom is -0.356 e. The standard InChI is InChI=1S/C22H21ClF3N5O2S/c1-34(27,33)19-11-14(3-6-28-19)29-21(32)15-9-13-10-16(23)17(24)12-18(13)30-20(15)31-7-2-4-22(25,26)5-8-31/h3,6,9-12,27H,2,4-5,7-8H2,1H3,(H,28,29,32). The van der Waals surface area contributed by atoms with Crippen LogP contribution in [0.25, 0.3) is 10.9 Å². The van der Waals surface area contributed by atoms with E-state index in [0.29, 0.717) is 5.39 Å². The molecule has 1 unspecified atom stereocenters. The van der Waals surface area contributed by atoms with Gasteiger partial charge in [0.05, 0.1) is 25.8 Å². The van der Waals surface area contributed by atoms with E-state index in [1.807, 2.05) is 0 Å². The number of nitrogens with one attached hydrogen (secondary N) is 2. The molecule has 1 aliphatic heterocycles. The number of benzene rings is 1. The summed E-state index contributed by atoms with van der Waals surface area (Å²) >= 11 is 5.90. The number of anilines is 2. The molecule has 34 heavy (non-hydrogen) atoms. The van der Waals surface area contributed by atoms with Gasteiger partial charge in [-0.3, -0.25) is 4.79 Å². The number of fused-ring (bicyclic) bond motifs is 1. The number of amides is 1. The van der Waals surface area contributed by atoms with Crippen molar-refractivity contribution < 1.29 is 22.2 Å². The first-order valence-electron chi connectivity index (χ1n) is 10.4. The molecule has 2 aromatic heterocycles. The van der Waals surface area contributed by atoms with Crippen LogP contribution in [0.5, 0.6) is 0 Å². The third-order valence-corrected chi connectivity index (χ3v) is 6.80. The fourth-order valence-electron chi connectivity index (χ4n) is 3.74. The van der Waals surface area contributed by atoms with Crippen LogP contribution in [-0.4, -0.2) is 45.4 Å². The molecular formula is C22H21ClF3N5O2S. The summed E-state index contributed by atoms with van der Waals surface area (Å²) in [6, 6.07) is 6.76. The highest BCUT2D eigenvalue weighted by Gasteiger charge is 2.33. The Morgan fingerprint density at radius 1 is 1.24 bits per heavy atom. The number of carbonyl (C=O) groups is 1. The van der Waals surface area contributed by atoms with Crippen molar-refractivity contribution in [2.45, 2.75) is 30.2 Å². The van der Waals surface area contributed by atoms with Crippen LogP contribution >= 0.6 is 11.6 Å². The van der Waals surface area contributed by atoms with Gasteiger partial charge in [-0.2, -0.15) is 0 Å². The van der Waals surface area contributed by atoms with Crippen molar-refractivity contribution in [3.05, 3.63) is 52.9 Å². The van der Waals surface area contributed by atoms with Gasteiger partial charge in [0.1, 0.15) is 16.7 Å². The number of nitrogens with zero attached hydrogens (tertiary/aromatic N) is 3. The van der Waals surface area contributed by atoms with Crippen molar-refractivity contribution in [3.63, 3.8) is 0 Å². The largest absolute Gasteiger partial charge is 0.356 e. The van der Waals surface area contributed by atoms with Gasteiger partial charge in [-0.05, 0) is 30.7 Å². The molecule has 180 valence electrons. The van der Waals surface area contributed by atoms with Crippen LogP contribution in [0.15, 0.2) is 41.6 Å². The van der Waals surface area contributed by atoms with E-state index in [1.165, 1.54) is 36.7 Å². The maximum atomic E-state index is 14.1. The number of aromatic nitrogens is 2. The fourth-order valence-corrected chi connectivity index (χ4v) is 4.53. The average molecular weight is 512 g/mol. The summed E-state index contributed by atoms with van der Waals surface area (Å²) in [6.45, 7) is 0.221. The van der Waals surface area contributed by atoms with Crippen LogP contribution in [0, 0.1) is 10.6 Å². The number of hydrogen-bond acceptors (Lipinski definition) is 6. The van der Waals surface area contributed by atoms with E-state index in [0.717, 1.165) is 6.07 Å². The first-order valence-corrected chi connectivity index (χ1v) is 12.7. The molecule has 0 saturated carbocycles. The second kappa shape index (κ2) is 9.03. The van der Waals surface area contributed by atoms with Crippen molar-refractivity contribution in [2.24, 2.45) is 0 Å². The summed E-state index contributed by atoms with van der Waals surface area (Å²) in [5.74, 6) is -3.95. The topological polar surface area (TPSA) is 99.0 Å².